The molecule has 6 rings (SSSR count). The zero-order chi connectivity index (χ0) is 42.2. The van der Waals surface area contributed by atoms with E-state index in [2.05, 4.69) is 5.10 Å². The number of benzene rings is 4. The van der Waals surface area contributed by atoms with Crippen LogP contribution in [0.5, 0.6) is 0 Å². The Kier molecular flexibility index (Phi) is 12.8. The highest BCUT2D eigenvalue weighted by Crippen LogP contribution is 2.43. The molecular formula is C46H37F4N7O2. The average Bonchev–Trinajstić information content (AvgIpc) is 3.82. The fraction of sp³-hybridized carbons (Fsp3) is 0.217. The highest BCUT2D eigenvalue weighted by atomic mass is 19.2. The molecule has 0 aromatic heterocycles. The van der Waals surface area contributed by atoms with Crippen LogP contribution in [0.1, 0.15) is 79.0 Å². The van der Waals surface area contributed by atoms with Crippen LogP contribution in [0.25, 0.3) is 6.08 Å². The summed E-state index contributed by atoms with van der Waals surface area (Å²) in [5.74, 6) is -7.68. The van der Waals surface area contributed by atoms with Crippen LogP contribution in [0, 0.1) is 57.3 Å². The summed E-state index contributed by atoms with van der Waals surface area (Å²) in [5.41, 5.74) is -1.18. The van der Waals surface area contributed by atoms with Crippen molar-refractivity contribution in [2.45, 2.75) is 52.0 Å². The molecule has 0 spiro atoms. The number of allylic oxidation sites excluding steroid dienone is 2. The molecule has 0 radical (unpaired) electrons. The van der Waals surface area contributed by atoms with Gasteiger partial charge >= 0.3 is 0 Å². The minimum absolute atomic E-state index is 0.0816. The van der Waals surface area contributed by atoms with Crippen LogP contribution in [0.2, 0.25) is 0 Å². The molecule has 0 saturated heterocycles. The minimum Gasteiger partial charge on any atom is -0.367 e. The molecule has 0 N–H and O–H groups in total. The fourth-order valence-electron chi connectivity index (χ4n) is 7.04. The maximum Gasteiger partial charge on any atom is 0.266 e. The van der Waals surface area contributed by atoms with Crippen molar-refractivity contribution in [3.8, 4) is 18.2 Å². The van der Waals surface area contributed by atoms with E-state index in [1.165, 1.54) is 34.2 Å². The Labute approximate surface area is 339 Å². The van der Waals surface area contributed by atoms with Crippen LogP contribution < -0.4 is 9.91 Å². The van der Waals surface area contributed by atoms with Crippen molar-refractivity contribution in [1.29, 1.82) is 15.8 Å². The van der Waals surface area contributed by atoms with Gasteiger partial charge in [0.1, 0.15) is 23.9 Å². The number of halogens is 4. The standard InChI is InChI=1S/C46H37F4N7O2/c1-3-5-23-55(24-6-4-2)44-41(49)39(47)38(40(48)42(44)50)37-25-36(30-13-9-7-10-14-30)54-57(37)33-20-17-29(18-21-33)19-22-34-35(28-53)43(32(26-51)27-52)56(46(34)59)45(58)31-15-11-8-12-16-31/h7-22,37H,3-6,23-25H2,1-2H3/b22-19+. The maximum absolute atomic E-state index is 16.3. The first-order valence-electron chi connectivity index (χ1n) is 19.0. The molecule has 13 heteroatoms. The van der Waals surface area contributed by atoms with E-state index in [1.807, 2.05) is 19.9 Å². The number of carbonyl (C=O) groups excluding carboxylic acids is 2. The molecule has 0 fully saturated rings. The zero-order valence-electron chi connectivity index (χ0n) is 32.2. The molecule has 1 atom stereocenters. The molecule has 0 saturated carbocycles. The van der Waals surface area contributed by atoms with Gasteiger partial charge in [-0.25, -0.2) is 22.5 Å². The van der Waals surface area contributed by atoms with E-state index in [0.29, 0.717) is 40.3 Å². The number of hydrogen-bond acceptors (Lipinski definition) is 8. The van der Waals surface area contributed by atoms with Gasteiger partial charge in [0.25, 0.3) is 11.8 Å². The van der Waals surface area contributed by atoms with Crippen LogP contribution in [-0.4, -0.2) is 35.5 Å². The number of rotatable bonds is 13. The number of carbonyl (C=O) groups is 2. The van der Waals surface area contributed by atoms with E-state index in [4.69, 9.17) is 0 Å². The van der Waals surface area contributed by atoms with E-state index < -0.39 is 63.6 Å². The number of anilines is 2. The molecule has 9 nitrogen and oxygen atoms in total. The van der Waals surface area contributed by atoms with Crippen LogP contribution in [0.3, 0.4) is 0 Å². The summed E-state index contributed by atoms with van der Waals surface area (Å²) in [6, 6.07) is 26.8. The molecule has 0 aliphatic carbocycles. The predicted octanol–water partition coefficient (Wildman–Crippen LogP) is 9.82. The molecule has 59 heavy (non-hydrogen) atoms. The van der Waals surface area contributed by atoms with Gasteiger partial charge in [0.2, 0.25) is 0 Å². The Balaban J connectivity index is 1.37. The molecule has 4 aromatic rings. The Morgan fingerprint density at radius 1 is 0.814 bits per heavy atom. The Morgan fingerprint density at radius 3 is 1.93 bits per heavy atom. The molecule has 4 aromatic carbocycles. The third kappa shape index (κ3) is 8.12. The monoisotopic (exact) mass is 795 g/mol. The van der Waals surface area contributed by atoms with Crippen molar-refractivity contribution in [3.05, 3.63) is 159 Å². The van der Waals surface area contributed by atoms with E-state index in [-0.39, 0.29) is 36.2 Å². The number of unbranched alkanes of at least 4 members (excludes halogenated alkanes) is 2. The minimum atomic E-state index is -1.50. The number of hydrazone groups is 1. The molecule has 2 heterocycles. The van der Waals surface area contributed by atoms with Gasteiger partial charge in [-0.2, -0.15) is 20.9 Å². The van der Waals surface area contributed by atoms with Crippen molar-refractivity contribution < 1.29 is 27.2 Å². The number of amides is 2. The summed E-state index contributed by atoms with van der Waals surface area (Å²) >= 11 is 0. The first-order valence-corrected chi connectivity index (χ1v) is 19.0. The molecule has 2 aliphatic rings. The van der Waals surface area contributed by atoms with Crippen LogP contribution in [0.4, 0.5) is 28.9 Å². The summed E-state index contributed by atoms with van der Waals surface area (Å²) in [5, 5.41) is 35.4. The normalized spacial score (nSPS) is 15.0. The van der Waals surface area contributed by atoms with Crippen molar-refractivity contribution in [1.82, 2.24) is 4.90 Å². The fourth-order valence-corrected chi connectivity index (χ4v) is 7.04. The van der Waals surface area contributed by atoms with Gasteiger partial charge in [0, 0.05) is 25.1 Å². The topological polar surface area (TPSA) is 128 Å². The van der Waals surface area contributed by atoms with E-state index >= 15 is 17.6 Å². The van der Waals surface area contributed by atoms with Gasteiger partial charge in [-0.1, -0.05) is 93.4 Å². The third-order valence-corrected chi connectivity index (χ3v) is 10.1. The maximum atomic E-state index is 16.3. The van der Waals surface area contributed by atoms with Crippen LogP contribution >= 0.6 is 0 Å². The van der Waals surface area contributed by atoms with Crippen molar-refractivity contribution in [3.63, 3.8) is 0 Å². The van der Waals surface area contributed by atoms with Gasteiger partial charge in [-0.3, -0.25) is 14.6 Å². The van der Waals surface area contributed by atoms with Crippen molar-refractivity contribution in [2.75, 3.05) is 23.0 Å². The zero-order valence-corrected chi connectivity index (χ0v) is 32.2. The number of imide groups is 1. The summed E-state index contributed by atoms with van der Waals surface area (Å²) in [4.78, 5) is 29.2. The van der Waals surface area contributed by atoms with Gasteiger partial charge in [0.15, 0.2) is 28.8 Å². The van der Waals surface area contributed by atoms with Crippen molar-refractivity contribution >= 4 is 35.0 Å². The third-order valence-electron chi connectivity index (χ3n) is 10.1. The van der Waals surface area contributed by atoms with Gasteiger partial charge in [0.05, 0.1) is 39.8 Å². The summed E-state index contributed by atoms with van der Waals surface area (Å²) < 4.78 is 64.6. The molecule has 1 unspecified atom stereocenters. The molecule has 2 amide bonds. The Bertz CT molecular complexity index is 2480. The highest BCUT2D eigenvalue weighted by molar-refractivity contribution is 6.17. The van der Waals surface area contributed by atoms with Crippen LogP contribution in [-0.2, 0) is 4.79 Å². The van der Waals surface area contributed by atoms with E-state index in [1.54, 1.807) is 84.9 Å². The molecule has 2 aliphatic heterocycles. The molecular weight excluding hydrogens is 759 g/mol. The predicted molar refractivity (Wildman–Crippen MR) is 215 cm³/mol. The largest absolute Gasteiger partial charge is 0.367 e. The van der Waals surface area contributed by atoms with E-state index in [9.17, 15) is 25.4 Å². The molecule has 296 valence electrons. The lowest BCUT2D eigenvalue weighted by Gasteiger charge is -2.29. The van der Waals surface area contributed by atoms with Gasteiger partial charge in [-0.05, 0) is 54.3 Å². The second kappa shape index (κ2) is 18.3. The first kappa shape index (κ1) is 41.3. The lowest BCUT2D eigenvalue weighted by Crippen LogP contribution is -2.33. The smallest absolute Gasteiger partial charge is 0.266 e. The Morgan fingerprint density at radius 2 is 1.39 bits per heavy atom. The number of nitrogens with zero attached hydrogens (tertiary/aromatic N) is 7. The highest BCUT2D eigenvalue weighted by Gasteiger charge is 2.41. The number of hydrogen-bond donors (Lipinski definition) is 0. The lowest BCUT2D eigenvalue weighted by atomic mass is 9.96. The second-order valence-electron chi connectivity index (χ2n) is 13.8. The van der Waals surface area contributed by atoms with Crippen LogP contribution in [0.15, 0.2) is 119 Å². The van der Waals surface area contributed by atoms with Crippen molar-refractivity contribution in [2.24, 2.45) is 5.10 Å². The van der Waals surface area contributed by atoms with Gasteiger partial charge in [-0.15, -0.1) is 0 Å². The average molecular weight is 796 g/mol. The van der Waals surface area contributed by atoms with E-state index in [0.717, 1.165) is 12.8 Å². The van der Waals surface area contributed by atoms with Gasteiger partial charge < -0.3 is 4.90 Å². The quantitative estimate of drug-likeness (QED) is 0.0571. The summed E-state index contributed by atoms with van der Waals surface area (Å²) in [6.07, 6.45) is 5.25. The lowest BCUT2D eigenvalue weighted by molar-refractivity contribution is -0.121. The SMILES string of the molecule is CCCCN(CCCC)c1c(F)c(F)c(C2CC(c3ccccc3)=NN2c2ccc(/C=C/C3=C(C#N)C(=C(C#N)C#N)N(C(=O)c4ccccc4)C3=O)cc2)c(F)c1F. The Hall–Kier alpha value is -7.30. The molecule has 0 bridgehead atoms. The first-order chi connectivity index (χ1) is 28.6. The summed E-state index contributed by atoms with van der Waals surface area (Å²) in [6.45, 7) is 4.28. The summed E-state index contributed by atoms with van der Waals surface area (Å²) in [7, 11) is 0. The number of nitriles is 3. The second-order valence-corrected chi connectivity index (χ2v) is 13.8.